The van der Waals surface area contributed by atoms with Crippen LogP contribution in [0.3, 0.4) is 0 Å². The molecule has 0 saturated heterocycles. The highest BCUT2D eigenvalue weighted by molar-refractivity contribution is 7.18. The minimum atomic E-state index is -4.72. The van der Waals surface area contributed by atoms with Crippen LogP contribution in [0.1, 0.15) is 5.56 Å². The van der Waals surface area contributed by atoms with E-state index in [2.05, 4.69) is 4.98 Å². The number of pyridine rings is 1. The molecule has 2 aromatic carbocycles. The Morgan fingerprint density at radius 1 is 0.972 bits per heavy atom. The van der Waals surface area contributed by atoms with Crippen molar-refractivity contribution in [1.82, 2.24) is 4.98 Å². The average Bonchev–Trinajstić information content (AvgIpc) is 3.51. The average molecular weight is 529 g/mol. The Kier molecular flexibility index (Phi) is 5.89. The number of primary amides is 1. The Hall–Kier alpha value is -3.96. The van der Waals surface area contributed by atoms with E-state index in [4.69, 9.17) is 11.5 Å². The number of hydrogen-bond acceptors (Lipinski definition) is 5. The van der Waals surface area contributed by atoms with Crippen molar-refractivity contribution < 1.29 is 22.4 Å². The summed E-state index contributed by atoms with van der Waals surface area (Å²) in [4.78, 5) is 17.2. The third-order valence-corrected chi connectivity index (χ3v) is 7.32. The number of nitrogen functional groups attached to an aromatic ring is 1. The number of nitrogens with zero attached hydrogens (tertiary/aromatic N) is 2. The SMILES string of the molecule is NC(=O)N(c1ccc(-c2csc3c(-c4ccsc4)cnc(N)c23)cc1)c1cc(C(F)(F)F)ccc1F. The summed E-state index contributed by atoms with van der Waals surface area (Å²) in [5.41, 5.74) is 13.6. The number of thiophene rings is 2. The van der Waals surface area contributed by atoms with E-state index in [-0.39, 0.29) is 5.69 Å². The van der Waals surface area contributed by atoms with Gasteiger partial charge in [-0.15, -0.1) is 11.3 Å². The first-order chi connectivity index (χ1) is 17.1. The maximum Gasteiger partial charge on any atom is 0.416 e. The lowest BCUT2D eigenvalue weighted by molar-refractivity contribution is -0.137. The van der Waals surface area contributed by atoms with Crippen LogP contribution in [0.15, 0.2) is 70.9 Å². The molecule has 0 spiro atoms. The van der Waals surface area contributed by atoms with E-state index >= 15 is 0 Å². The molecular weight excluding hydrogens is 512 g/mol. The number of benzene rings is 2. The number of amides is 2. The second-order valence-electron chi connectivity index (χ2n) is 7.81. The zero-order valence-electron chi connectivity index (χ0n) is 18.2. The standard InChI is InChI=1S/C25H16F4N4OS2/c26-19-6-3-15(25(27,28)29)9-20(19)33(24(31)34)16-4-1-13(2-5-16)18-12-36-22-17(14-7-8-35-11-14)10-32-23(30)21(18)22/h1-12H,(H2,30,32)(H2,31,34). The highest BCUT2D eigenvalue weighted by Crippen LogP contribution is 2.43. The lowest BCUT2D eigenvalue weighted by atomic mass is 10.0. The number of aromatic nitrogens is 1. The number of carbonyl (C=O) groups excluding carboxylic acids is 1. The number of rotatable bonds is 4. The van der Waals surface area contributed by atoms with Crippen LogP contribution in [0.2, 0.25) is 0 Å². The summed E-state index contributed by atoms with van der Waals surface area (Å²) in [5, 5.41) is 6.70. The van der Waals surface area contributed by atoms with E-state index in [0.717, 1.165) is 32.3 Å². The van der Waals surface area contributed by atoms with Crippen LogP contribution < -0.4 is 16.4 Å². The normalized spacial score (nSPS) is 11.7. The van der Waals surface area contributed by atoms with E-state index in [1.54, 1.807) is 29.7 Å². The van der Waals surface area contributed by atoms with Gasteiger partial charge in [0.05, 0.1) is 16.9 Å². The largest absolute Gasteiger partial charge is 0.416 e. The van der Waals surface area contributed by atoms with Gasteiger partial charge in [-0.3, -0.25) is 4.90 Å². The van der Waals surface area contributed by atoms with Crippen molar-refractivity contribution in [3.8, 4) is 22.3 Å². The molecule has 0 atom stereocenters. The van der Waals surface area contributed by atoms with Gasteiger partial charge in [-0.2, -0.15) is 24.5 Å². The third-order valence-electron chi connectivity index (χ3n) is 5.63. The Morgan fingerprint density at radius 2 is 1.72 bits per heavy atom. The molecule has 0 aliphatic carbocycles. The highest BCUT2D eigenvalue weighted by atomic mass is 32.1. The van der Waals surface area contributed by atoms with Crippen LogP contribution in [0.25, 0.3) is 32.3 Å². The predicted molar refractivity (Wildman–Crippen MR) is 136 cm³/mol. The number of urea groups is 1. The summed E-state index contributed by atoms with van der Waals surface area (Å²) in [6.07, 6.45) is -2.98. The molecule has 11 heteroatoms. The maximum atomic E-state index is 14.5. The molecule has 0 bridgehead atoms. The minimum absolute atomic E-state index is 0.106. The number of carbonyl (C=O) groups is 1. The van der Waals surface area contributed by atoms with E-state index in [1.165, 1.54) is 23.5 Å². The molecular formula is C25H16F4N4OS2. The number of fused-ring (bicyclic) bond motifs is 1. The lowest BCUT2D eigenvalue weighted by Crippen LogP contribution is -2.32. The van der Waals surface area contributed by atoms with Gasteiger partial charge in [-0.1, -0.05) is 12.1 Å². The van der Waals surface area contributed by atoms with Gasteiger partial charge in [0.25, 0.3) is 0 Å². The summed E-state index contributed by atoms with van der Waals surface area (Å²) >= 11 is 3.08. The molecule has 0 radical (unpaired) electrons. The summed E-state index contributed by atoms with van der Waals surface area (Å²) < 4.78 is 55.0. The van der Waals surface area contributed by atoms with Crippen molar-refractivity contribution in [1.29, 1.82) is 0 Å². The Bertz CT molecular complexity index is 1580. The monoisotopic (exact) mass is 528 g/mol. The highest BCUT2D eigenvalue weighted by Gasteiger charge is 2.32. The second kappa shape index (κ2) is 8.92. The lowest BCUT2D eigenvalue weighted by Gasteiger charge is -2.22. The van der Waals surface area contributed by atoms with Gasteiger partial charge in [0, 0.05) is 27.4 Å². The van der Waals surface area contributed by atoms with Gasteiger partial charge < -0.3 is 11.5 Å². The molecule has 4 N–H and O–H groups in total. The number of alkyl halides is 3. The van der Waals surface area contributed by atoms with Crippen LogP contribution in [0, 0.1) is 5.82 Å². The molecule has 0 aliphatic rings. The number of halogens is 4. The van der Waals surface area contributed by atoms with Gasteiger partial charge >= 0.3 is 12.2 Å². The molecule has 3 aromatic heterocycles. The molecule has 182 valence electrons. The first-order valence-corrected chi connectivity index (χ1v) is 12.2. The van der Waals surface area contributed by atoms with Gasteiger partial charge in [0.15, 0.2) is 0 Å². The van der Waals surface area contributed by atoms with Crippen molar-refractivity contribution in [3.63, 3.8) is 0 Å². The van der Waals surface area contributed by atoms with Crippen molar-refractivity contribution in [3.05, 3.63) is 82.2 Å². The molecule has 5 aromatic rings. The Labute approximate surface area is 210 Å². The van der Waals surface area contributed by atoms with Crippen molar-refractivity contribution >= 4 is 56.0 Å². The number of anilines is 3. The minimum Gasteiger partial charge on any atom is -0.383 e. The number of hydrogen-bond donors (Lipinski definition) is 2. The second-order valence-corrected chi connectivity index (χ2v) is 9.47. The number of nitrogens with two attached hydrogens (primary N) is 2. The zero-order chi connectivity index (χ0) is 25.6. The molecule has 5 rings (SSSR count). The molecule has 3 heterocycles. The maximum absolute atomic E-state index is 14.5. The van der Waals surface area contributed by atoms with Crippen LogP contribution >= 0.6 is 22.7 Å². The van der Waals surface area contributed by atoms with Crippen LogP contribution in [0.4, 0.5) is 39.5 Å². The fourth-order valence-electron chi connectivity index (χ4n) is 3.94. The van der Waals surface area contributed by atoms with E-state index < -0.39 is 29.3 Å². The first-order valence-electron chi connectivity index (χ1n) is 10.4. The topological polar surface area (TPSA) is 85.2 Å². The molecule has 0 unspecified atom stereocenters. The summed E-state index contributed by atoms with van der Waals surface area (Å²) in [6.45, 7) is 0. The molecule has 0 fully saturated rings. The van der Waals surface area contributed by atoms with Crippen LogP contribution in [-0.2, 0) is 6.18 Å². The van der Waals surface area contributed by atoms with Crippen LogP contribution in [-0.4, -0.2) is 11.0 Å². The fraction of sp³-hybridized carbons (Fsp3) is 0.0400. The zero-order valence-corrected chi connectivity index (χ0v) is 19.8. The van der Waals surface area contributed by atoms with Gasteiger partial charge in [0.1, 0.15) is 11.6 Å². The molecule has 36 heavy (non-hydrogen) atoms. The molecule has 0 aliphatic heterocycles. The Balaban J connectivity index is 1.57. The van der Waals surface area contributed by atoms with Crippen molar-refractivity contribution in [2.24, 2.45) is 5.73 Å². The smallest absolute Gasteiger partial charge is 0.383 e. The van der Waals surface area contributed by atoms with Gasteiger partial charge in [-0.05, 0) is 63.7 Å². The van der Waals surface area contributed by atoms with Gasteiger partial charge in [-0.25, -0.2) is 14.2 Å². The van der Waals surface area contributed by atoms with E-state index in [0.29, 0.717) is 28.9 Å². The quantitative estimate of drug-likeness (QED) is 0.235. The Morgan fingerprint density at radius 3 is 2.36 bits per heavy atom. The predicted octanol–water partition coefficient (Wildman–Crippen LogP) is 7.65. The molecule has 5 nitrogen and oxygen atoms in total. The first kappa shape index (κ1) is 23.8. The summed E-state index contributed by atoms with van der Waals surface area (Å²) in [7, 11) is 0. The summed E-state index contributed by atoms with van der Waals surface area (Å²) in [5.74, 6) is -0.663. The van der Waals surface area contributed by atoms with Crippen molar-refractivity contribution in [2.45, 2.75) is 6.18 Å². The van der Waals surface area contributed by atoms with E-state index in [1.807, 2.05) is 22.2 Å². The molecule has 0 saturated carbocycles. The molecule has 2 amide bonds. The summed E-state index contributed by atoms with van der Waals surface area (Å²) in [6, 6.07) is 8.97. The van der Waals surface area contributed by atoms with Gasteiger partial charge in [0.2, 0.25) is 0 Å². The van der Waals surface area contributed by atoms with Crippen LogP contribution in [0.5, 0.6) is 0 Å². The fourth-order valence-corrected chi connectivity index (χ4v) is 5.71. The van der Waals surface area contributed by atoms with Crippen molar-refractivity contribution in [2.75, 3.05) is 10.6 Å². The van der Waals surface area contributed by atoms with E-state index in [9.17, 15) is 22.4 Å². The third kappa shape index (κ3) is 4.16.